The summed E-state index contributed by atoms with van der Waals surface area (Å²) in [7, 11) is 1.83. The molecule has 3 rings (SSSR count). The first-order valence-electron chi connectivity index (χ1n) is 7.58. The van der Waals surface area contributed by atoms with Gasteiger partial charge in [0, 0.05) is 31.8 Å². The molecule has 5 nitrogen and oxygen atoms in total. The van der Waals surface area contributed by atoms with Gasteiger partial charge in [0.25, 0.3) is 5.91 Å². The third-order valence-electron chi connectivity index (χ3n) is 3.81. The third-order valence-corrected chi connectivity index (χ3v) is 3.81. The Morgan fingerprint density at radius 1 is 1.24 bits per heavy atom. The van der Waals surface area contributed by atoms with Crippen LogP contribution in [-0.4, -0.2) is 27.0 Å². The molecule has 3 aromatic rings. The normalized spacial score (nSPS) is 11.7. The number of carbonyl (C=O) groups excluding carboxylic acids is 1. The molecule has 0 radical (unpaired) electrons. The average Bonchev–Trinajstić information content (AvgIpc) is 2.91. The Balaban J connectivity index is 1.65. The van der Waals surface area contributed by atoms with E-state index in [1.165, 1.54) is 12.1 Å². The second-order valence-electron chi connectivity index (χ2n) is 5.52. The van der Waals surface area contributed by atoms with Crippen LogP contribution >= 0.6 is 0 Å². The number of pyridine rings is 1. The summed E-state index contributed by atoms with van der Waals surface area (Å²) >= 11 is 0. The van der Waals surface area contributed by atoms with Gasteiger partial charge in [0.15, 0.2) is 5.65 Å². The number of nitrogens with zero attached hydrogens (tertiary/aromatic N) is 3. The SMILES string of the molecule is Cn1c(CCNC(=O)c2cccc(C(F)(F)F)c2)nc2cccnc21. The highest BCUT2D eigenvalue weighted by molar-refractivity contribution is 5.94. The van der Waals surface area contributed by atoms with Crippen molar-refractivity contribution < 1.29 is 18.0 Å². The molecule has 0 aliphatic carbocycles. The van der Waals surface area contributed by atoms with Gasteiger partial charge in [0.2, 0.25) is 0 Å². The predicted molar refractivity (Wildman–Crippen MR) is 86.0 cm³/mol. The number of benzene rings is 1. The number of rotatable bonds is 4. The first-order chi connectivity index (χ1) is 11.9. The van der Waals surface area contributed by atoms with Gasteiger partial charge in [-0.2, -0.15) is 13.2 Å². The van der Waals surface area contributed by atoms with E-state index in [0.717, 1.165) is 29.1 Å². The van der Waals surface area contributed by atoms with Crippen LogP contribution in [-0.2, 0) is 19.6 Å². The van der Waals surface area contributed by atoms with E-state index in [0.29, 0.717) is 6.42 Å². The summed E-state index contributed by atoms with van der Waals surface area (Å²) in [4.78, 5) is 20.7. The van der Waals surface area contributed by atoms with Gasteiger partial charge < -0.3 is 9.88 Å². The standard InChI is InChI=1S/C17H15F3N4O/c1-24-14(23-13-6-3-8-21-15(13)24)7-9-22-16(25)11-4-2-5-12(10-11)17(18,19)20/h2-6,8,10H,7,9H2,1H3,(H,22,25). The molecular weight excluding hydrogens is 333 g/mol. The minimum absolute atomic E-state index is 0.0264. The van der Waals surface area contributed by atoms with Gasteiger partial charge in [0.1, 0.15) is 11.3 Å². The van der Waals surface area contributed by atoms with E-state index in [9.17, 15) is 18.0 Å². The summed E-state index contributed by atoms with van der Waals surface area (Å²) in [6.07, 6.45) is -2.36. The molecule has 0 saturated carbocycles. The summed E-state index contributed by atoms with van der Waals surface area (Å²) in [5, 5.41) is 2.62. The van der Waals surface area contributed by atoms with Gasteiger partial charge in [-0.05, 0) is 30.3 Å². The van der Waals surface area contributed by atoms with Crippen LogP contribution in [0, 0.1) is 0 Å². The molecule has 130 valence electrons. The maximum absolute atomic E-state index is 12.7. The average molecular weight is 348 g/mol. The molecule has 1 amide bonds. The van der Waals surface area contributed by atoms with Crippen molar-refractivity contribution in [1.82, 2.24) is 19.9 Å². The molecule has 0 saturated heterocycles. The Morgan fingerprint density at radius 2 is 2.04 bits per heavy atom. The molecule has 0 atom stereocenters. The van der Waals surface area contributed by atoms with E-state index in [-0.39, 0.29) is 12.1 Å². The summed E-state index contributed by atoms with van der Waals surface area (Å²) in [5.74, 6) is 0.182. The van der Waals surface area contributed by atoms with E-state index in [1.807, 2.05) is 17.7 Å². The zero-order valence-corrected chi connectivity index (χ0v) is 13.3. The highest BCUT2D eigenvalue weighted by Gasteiger charge is 2.30. The number of fused-ring (bicyclic) bond motifs is 1. The molecule has 0 aliphatic rings. The van der Waals surface area contributed by atoms with Crippen molar-refractivity contribution >= 4 is 17.1 Å². The summed E-state index contributed by atoms with van der Waals surface area (Å²) in [6.45, 7) is 0.256. The maximum Gasteiger partial charge on any atom is 0.416 e. The van der Waals surface area contributed by atoms with Crippen molar-refractivity contribution in [1.29, 1.82) is 0 Å². The fourth-order valence-corrected chi connectivity index (χ4v) is 2.52. The van der Waals surface area contributed by atoms with E-state index in [4.69, 9.17) is 0 Å². The van der Waals surface area contributed by atoms with Crippen molar-refractivity contribution in [2.24, 2.45) is 7.05 Å². The topological polar surface area (TPSA) is 59.8 Å². The molecule has 2 aromatic heterocycles. The molecule has 0 bridgehead atoms. The fourth-order valence-electron chi connectivity index (χ4n) is 2.52. The Labute approximate surface area is 141 Å². The number of imidazole rings is 1. The van der Waals surface area contributed by atoms with Crippen molar-refractivity contribution in [3.05, 3.63) is 59.5 Å². The lowest BCUT2D eigenvalue weighted by atomic mass is 10.1. The molecule has 25 heavy (non-hydrogen) atoms. The van der Waals surface area contributed by atoms with Crippen LogP contribution in [0.4, 0.5) is 13.2 Å². The van der Waals surface area contributed by atoms with E-state index >= 15 is 0 Å². The predicted octanol–water partition coefficient (Wildman–Crippen LogP) is 2.96. The molecule has 8 heteroatoms. The van der Waals surface area contributed by atoms with Crippen LogP contribution in [0.1, 0.15) is 21.7 Å². The minimum atomic E-state index is -4.48. The largest absolute Gasteiger partial charge is 0.416 e. The fraction of sp³-hybridized carbons (Fsp3) is 0.235. The van der Waals surface area contributed by atoms with Crippen molar-refractivity contribution in [2.75, 3.05) is 6.54 Å². The first-order valence-corrected chi connectivity index (χ1v) is 7.58. The molecule has 1 aromatic carbocycles. The van der Waals surface area contributed by atoms with Gasteiger partial charge in [-0.3, -0.25) is 4.79 Å². The molecule has 0 fully saturated rings. The number of hydrogen-bond acceptors (Lipinski definition) is 3. The van der Waals surface area contributed by atoms with Gasteiger partial charge in [-0.15, -0.1) is 0 Å². The Kier molecular flexibility index (Phi) is 4.43. The highest BCUT2D eigenvalue weighted by atomic mass is 19.4. The van der Waals surface area contributed by atoms with Gasteiger partial charge >= 0.3 is 6.18 Å². The highest BCUT2D eigenvalue weighted by Crippen LogP contribution is 2.29. The maximum atomic E-state index is 12.7. The first kappa shape index (κ1) is 16.9. The van der Waals surface area contributed by atoms with Crippen LogP contribution < -0.4 is 5.32 Å². The van der Waals surface area contributed by atoms with Crippen LogP contribution in [0.25, 0.3) is 11.2 Å². The number of hydrogen-bond donors (Lipinski definition) is 1. The number of carbonyl (C=O) groups is 1. The molecule has 0 aliphatic heterocycles. The minimum Gasteiger partial charge on any atom is -0.352 e. The molecule has 0 unspecified atom stereocenters. The quantitative estimate of drug-likeness (QED) is 0.789. The number of alkyl halides is 3. The molecule has 0 spiro atoms. The van der Waals surface area contributed by atoms with Crippen LogP contribution in [0.15, 0.2) is 42.6 Å². The lowest BCUT2D eigenvalue weighted by molar-refractivity contribution is -0.137. The smallest absolute Gasteiger partial charge is 0.352 e. The Bertz CT molecular complexity index is 918. The summed E-state index contributed by atoms with van der Waals surface area (Å²) in [5.41, 5.74) is 0.619. The Hall–Kier alpha value is -2.90. The molecule has 2 heterocycles. The van der Waals surface area contributed by atoms with E-state index in [1.54, 1.807) is 12.3 Å². The lowest BCUT2D eigenvalue weighted by Crippen LogP contribution is -2.26. The number of aromatic nitrogens is 3. The lowest BCUT2D eigenvalue weighted by Gasteiger charge is -2.09. The van der Waals surface area contributed by atoms with Gasteiger partial charge in [-0.1, -0.05) is 6.07 Å². The Morgan fingerprint density at radius 3 is 2.76 bits per heavy atom. The van der Waals surface area contributed by atoms with Gasteiger partial charge in [-0.25, -0.2) is 9.97 Å². The van der Waals surface area contributed by atoms with Crippen LogP contribution in [0.3, 0.4) is 0 Å². The van der Waals surface area contributed by atoms with Crippen LogP contribution in [0.5, 0.6) is 0 Å². The van der Waals surface area contributed by atoms with Crippen molar-refractivity contribution in [3.8, 4) is 0 Å². The van der Waals surface area contributed by atoms with Crippen LogP contribution in [0.2, 0.25) is 0 Å². The number of aryl methyl sites for hydroxylation is 1. The van der Waals surface area contributed by atoms with Crippen molar-refractivity contribution in [2.45, 2.75) is 12.6 Å². The number of halogens is 3. The zero-order valence-electron chi connectivity index (χ0n) is 13.3. The van der Waals surface area contributed by atoms with E-state index in [2.05, 4.69) is 15.3 Å². The third kappa shape index (κ3) is 3.62. The second-order valence-corrected chi connectivity index (χ2v) is 5.52. The van der Waals surface area contributed by atoms with E-state index < -0.39 is 17.6 Å². The summed E-state index contributed by atoms with van der Waals surface area (Å²) in [6, 6.07) is 7.97. The molecule has 1 N–H and O–H groups in total. The monoisotopic (exact) mass is 348 g/mol. The zero-order chi connectivity index (χ0) is 18.0. The van der Waals surface area contributed by atoms with Gasteiger partial charge in [0.05, 0.1) is 5.56 Å². The molecular formula is C17H15F3N4O. The number of amides is 1. The summed E-state index contributed by atoms with van der Waals surface area (Å²) < 4.78 is 39.9. The number of nitrogens with one attached hydrogen (secondary N) is 1. The second kappa shape index (κ2) is 6.54. The van der Waals surface area contributed by atoms with Crippen molar-refractivity contribution in [3.63, 3.8) is 0 Å².